The standard InChI is InChI=1S/C64H106O6/c1-4-7-10-13-16-19-22-25-27-29-30-31-32-33-34-35-37-39-42-45-48-51-54-57-63(66)69-60-61(59-68-62(65)56-53-50-47-44-41-38-24-21-18-15-12-9-6-3)70-64(67)58-55-52-49-46-43-40-36-28-26-23-20-17-14-11-8-5-2/h7,9-10,12,16,18-19,21,25,27,30-31,33-34,38,41,47,50,61H,4-6,8,11,13-15,17,20,22-24,26,28-29,32,35-37,39-40,42-46,48-49,51-60H2,1-3H3/b10-7-,12-9-,19-16-,21-18-,27-25-,31-30-,34-33-,41-38-,50-47-. The second-order valence-corrected chi connectivity index (χ2v) is 18.8. The van der Waals surface area contributed by atoms with E-state index in [1.165, 1.54) is 109 Å². The van der Waals surface area contributed by atoms with Crippen molar-refractivity contribution in [2.75, 3.05) is 13.2 Å². The number of hydrogen-bond donors (Lipinski definition) is 0. The first-order valence-corrected chi connectivity index (χ1v) is 28.9. The molecule has 0 aromatic carbocycles. The van der Waals surface area contributed by atoms with Crippen molar-refractivity contribution in [2.45, 2.75) is 264 Å². The van der Waals surface area contributed by atoms with Crippen molar-refractivity contribution in [1.29, 1.82) is 0 Å². The normalized spacial score (nSPS) is 12.9. The van der Waals surface area contributed by atoms with Gasteiger partial charge in [-0.1, -0.05) is 259 Å². The highest BCUT2D eigenvalue weighted by molar-refractivity contribution is 5.71. The summed E-state index contributed by atoms with van der Waals surface area (Å²) in [5.41, 5.74) is 0. The Hall–Kier alpha value is -3.93. The van der Waals surface area contributed by atoms with Gasteiger partial charge >= 0.3 is 17.9 Å². The summed E-state index contributed by atoms with van der Waals surface area (Å²) in [4.78, 5) is 38.1. The van der Waals surface area contributed by atoms with E-state index in [2.05, 4.69) is 124 Å². The summed E-state index contributed by atoms with van der Waals surface area (Å²) in [5, 5.41) is 0. The molecule has 0 aromatic rings. The lowest BCUT2D eigenvalue weighted by Crippen LogP contribution is -2.30. The highest BCUT2D eigenvalue weighted by Crippen LogP contribution is 2.15. The molecule has 0 fully saturated rings. The molecular weight excluding hydrogens is 865 g/mol. The minimum absolute atomic E-state index is 0.106. The highest BCUT2D eigenvalue weighted by Gasteiger charge is 2.19. The molecule has 0 aliphatic heterocycles. The molecule has 398 valence electrons. The van der Waals surface area contributed by atoms with Gasteiger partial charge in [0.2, 0.25) is 0 Å². The number of esters is 3. The predicted molar refractivity (Wildman–Crippen MR) is 302 cm³/mol. The van der Waals surface area contributed by atoms with Crippen LogP contribution in [0.2, 0.25) is 0 Å². The van der Waals surface area contributed by atoms with E-state index in [9.17, 15) is 14.4 Å². The Morgan fingerprint density at radius 2 is 0.586 bits per heavy atom. The van der Waals surface area contributed by atoms with Crippen molar-refractivity contribution in [3.63, 3.8) is 0 Å². The van der Waals surface area contributed by atoms with E-state index in [1.54, 1.807) is 0 Å². The maximum atomic E-state index is 12.8. The van der Waals surface area contributed by atoms with E-state index in [4.69, 9.17) is 14.2 Å². The molecular formula is C64H106O6. The molecule has 70 heavy (non-hydrogen) atoms. The van der Waals surface area contributed by atoms with Crippen LogP contribution in [0.3, 0.4) is 0 Å². The molecule has 0 spiro atoms. The first-order valence-electron chi connectivity index (χ1n) is 28.9. The summed E-state index contributed by atoms with van der Waals surface area (Å²) in [7, 11) is 0. The van der Waals surface area contributed by atoms with Gasteiger partial charge in [0.15, 0.2) is 6.10 Å². The number of ether oxygens (including phenoxy) is 3. The van der Waals surface area contributed by atoms with Crippen LogP contribution in [0, 0.1) is 0 Å². The minimum Gasteiger partial charge on any atom is -0.462 e. The molecule has 0 aromatic heterocycles. The summed E-state index contributed by atoms with van der Waals surface area (Å²) in [6.07, 6.45) is 78.1. The summed E-state index contributed by atoms with van der Waals surface area (Å²) < 4.78 is 16.8. The Labute approximate surface area is 431 Å². The SMILES string of the molecule is CC/C=C\C/C=C\C/C=C\C/C=C\C/C=C\CCCCCCCCCC(=O)OCC(COC(=O)CC/C=C\C/C=C\C/C=C\C/C=C\CC)OC(=O)CCCCCCCCCCCCCCCCCC. The van der Waals surface area contributed by atoms with Gasteiger partial charge in [0, 0.05) is 19.3 Å². The van der Waals surface area contributed by atoms with Crippen molar-refractivity contribution in [2.24, 2.45) is 0 Å². The fourth-order valence-corrected chi connectivity index (χ4v) is 7.78. The zero-order valence-electron chi connectivity index (χ0n) is 45.5. The van der Waals surface area contributed by atoms with Crippen LogP contribution in [-0.2, 0) is 28.6 Å². The molecule has 1 unspecified atom stereocenters. The van der Waals surface area contributed by atoms with Crippen molar-refractivity contribution in [3.8, 4) is 0 Å². The topological polar surface area (TPSA) is 78.9 Å². The van der Waals surface area contributed by atoms with Crippen LogP contribution >= 0.6 is 0 Å². The number of rotatable bonds is 51. The van der Waals surface area contributed by atoms with Crippen LogP contribution in [0.25, 0.3) is 0 Å². The van der Waals surface area contributed by atoms with E-state index >= 15 is 0 Å². The molecule has 0 saturated heterocycles. The molecule has 0 N–H and O–H groups in total. The Balaban J connectivity index is 4.42. The minimum atomic E-state index is -0.812. The van der Waals surface area contributed by atoms with Crippen LogP contribution in [0.4, 0.5) is 0 Å². The first kappa shape index (κ1) is 66.1. The fraction of sp³-hybridized carbons (Fsp3) is 0.672. The molecule has 0 amide bonds. The zero-order chi connectivity index (χ0) is 50.7. The second kappa shape index (κ2) is 57.6. The highest BCUT2D eigenvalue weighted by atomic mass is 16.6. The molecule has 0 aliphatic rings. The van der Waals surface area contributed by atoms with Crippen LogP contribution in [0.1, 0.15) is 258 Å². The number of unbranched alkanes of at least 4 members (excludes halogenated alkanes) is 22. The van der Waals surface area contributed by atoms with Crippen molar-refractivity contribution >= 4 is 17.9 Å². The second-order valence-electron chi connectivity index (χ2n) is 18.8. The van der Waals surface area contributed by atoms with Gasteiger partial charge in [-0.3, -0.25) is 14.4 Å². The molecule has 0 aliphatic carbocycles. The van der Waals surface area contributed by atoms with Gasteiger partial charge in [-0.15, -0.1) is 0 Å². The molecule has 0 saturated carbocycles. The van der Waals surface area contributed by atoms with E-state index < -0.39 is 6.10 Å². The largest absolute Gasteiger partial charge is 0.462 e. The van der Waals surface area contributed by atoms with Gasteiger partial charge in [-0.25, -0.2) is 0 Å². The van der Waals surface area contributed by atoms with Crippen LogP contribution in [0.5, 0.6) is 0 Å². The molecule has 0 heterocycles. The average molecular weight is 972 g/mol. The first-order chi connectivity index (χ1) is 34.5. The predicted octanol–water partition coefficient (Wildman–Crippen LogP) is 19.5. The molecule has 0 radical (unpaired) electrons. The Kier molecular flexibility index (Phi) is 54.4. The summed E-state index contributed by atoms with van der Waals surface area (Å²) in [6.45, 7) is 6.35. The van der Waals surface area contributed by atoms with E-state index in [1.807, 2.05) is 6.08 Å². The van der Waals surface area contributed by atoms with E-state index in [-0.39, 0.29) is 37.5 Å². The van der Waals surface area contributed by atoms with Gasteiger partial charge in [0.25, 0.3) is 0 Å². The Bertz CT molecular complexity index is 1440. The molecule has 0 bridgehead atoms. The van der Waals surface area contributed by atoms with Crippen LogP contribution in [-0.4, -0.2) is 37.2 Å². The van der Waals surface area contributed by atoms with E-state index in [0.29, 0.717) is 19.3 Å². The lowest BCUT2D eigenvalue weighted by atomic mass is 10.0. The molecule has 1 atom stereocenters. The average Bonchev–Trinajstić information content (AvgIpc) is 3.36. The lowest BCUT2D eigenvalue weighted by Gasteiger charge is -2.18. The quantitative estimate of drug-likeness (QED) is 0.0262. The van der Waals surface area contributed by atoms with Gasteiger partial charge in [-0.2, -0.15) is 0 Å². The number of allylic oxidation sites excluding steroid dienone is 18. The third-order valence-electron chi connectivity index (χ3n) is 12.0. The molecule has 6 heteroatoms. The van der Waals surface area contributed by atoms with Gasteiger partial charge in [0.05, 0.1) is 0 Å². The number of hydrogen-bond acceptors (Lipinski definition) is 6. The van der Waals surface area contributed by atoms with Crippen molar-refractivity contribution < 1.29 is 28.6 Å². The van der Waals surface area contributed by atoms with Gasteiger partial charge < -0.3 is 14.2 Å². The zero-order valence-corrected chi connectivity index (χ0v) is 45.5. The maximum absolute atomic E-state index is 12.8. The van der Waals surface area contributed by atoms with Crippen molar-refractivity contribution in [3.05, 3.63) is 109 Å². The van der Waals surface area contributed by atoms with Crippen LogP contribution < -0.4 is 0 Å². The summed E-state index contributed by atoms with van der Waals surface area (Å²) in [6, 6.07) is 0. The summed E-state index contributed by atoms with van der Waals surface area (Å²) in [5.74, 6) is -0.997. The fourth-order valence-electron chi connectivity index (χ4n) is 7.78. The lowest BCUT2D eigenvalue weighted by molar-refractivity contribution is -0.166. The monoisotopic (exact) mass is 971 g/mol. The van der Waals surface area contributed by atoms with Crippen LogP contribution in [0.15, 0.2) is 109 Å². The Morgan fingerprint density at radius 1 is 0.300 bits per heavy atom. The molecule has 6 nitrogen and oxygen atoms in total. The van der Waals surface area contributed by atoms with Gasteiger partial charge in [-0.05, 0) is 89.9 Å². The summed E-state index contributed by atoms with van der Waals surface area (Å²) >= 11 is 0. The van der Waals surface area contributed by atoms with Crippen molar-refractivity contribution in [1.82, 2.24) is 0 Å². The maximum Gasteiger partial charge on any atom is 0.306 e. The van der Waals surface area contributed by atoms with Gasteiger partial charge in [0.1, 0.15) is 13.2 Å². The molecule has 0 rings (SSSR count). The number of carbonyl (C=O) groups excluding carboxylic acids is 3. The third kappa shape index (κ3) is 55.0. The number of carbonyl (C=O) groups is 3. The van der Waals surface area contributed by atoms with E-state index in [0.717, 1.165) is 103 Å². The smallest absolute Gasteiger partial charge is 0.306 e. The third-order valence-corrected chi connectivity index (χ3v) is 12.0. The Morgan fingerprint density at radius 3 is 0.957 bits per heavy atom.